The van der Waals surface area contributed by atoms with Crippen LogP contribution in [-0.4, -0.2) is 88.4 Å². The molecule has 16 heteroatoms. The number of ether oxygens (including phenoxy) is 3. The highest BCUT2D eigenvalue weighted by Crippen LogP contribution is 2.50. The van der Waals surface area contributed by atoms with Crippen LogP contribution in [0.25, 0.3) is 32.1 Å². The number of aromatic nitrogens is 2. The Kier molecular flexibility index (Phi) is 8.87. The van der Waals surface area contributed by atoms with Crippen molar-refractivity contribution in [3.8, 4) is 23.2 Å². The van der Waals surface area contributed by atoms with E-state index >= 15 is 4.39 Å². The number of halogens is 3. The number of likely N-dealkylation sites (tertiary alicyclic amines) is 1. The number of amides is 2. The van der Waals surface area contributed by atoms with Gasteiger partial charge in [-0.1, -0.05) is 17.7 Å². The third-order valence-corrected chi connectivity index (χ3v) is 12.0. The summed E-state index contributed by atoms with van der Waals surface area (Å²) in [5, 5.41) is 17.5. The summed E-state index contributed by atoms with van der Waals surface area (Å²) in [6.07, 6.45) is 0.919. The van der Waals surface area contributed by atoms with Gasteiger partial charge in [-0.25, -0.2) is 13.6 Å². The van der Waals surface area contributed by atoms with Crippen molar-refractivity contribution >= 4 is 66.7 Å². The van der Waals surface area contributed by atoms with Crippen LogP contribution < -0.4 is 15.4 Å². The molecule has 2 aromatic carbocycles. The van der Waals surface area contributed by atoms with Crippen LogP contribution in [0.1, 0.15) is 63.1 Å². The molecule has 2 aromatic heterocycles. The number of carbonyl (C=O) groups excluding carboxylic acids is 2. The van der Waals surface area contributed by atoms with Gasteiger partial charge in [-0.3, -0.25) is 15.0 Å². The van der Waals surface area contributed by atoms with E-state index in [-0.39, 0.29) is 57.4 Å². The lowest BCUT2D eigenvalue weighted by Gasteiger charge is -2.31. The van der Waals surface area contributed by atoms with Crippen molar-refractivity contribution in [3.05, 3.63) is 39.7 Å². The number of rotatable bonds is 7. The van der Waals surface area contributed by atoms with Crippen LogP contribution >= 0.6 is 22.9 Å². The van der Waals surface area contributed by atoms with Crippen LogP contribution in [0.5, 0.6) is 6.01 Å². The second kappa shape index (κ2) is 13.2. The number of nitrogens with one attached hydrogen (secondary N) is 2. The molecule has 3 saturated heterocycles. The van der Waals surface area contributed by atoms with Crippen molar-refractivity contribution in [2.24, 2.45) is 0 Å². The maximum Gasteiger partial charge on any atom is 0.412 e. The van der Waals surface area contributed by atoms with E-state index in [9.17, 15) is 19.2 Å². The third-order valence-electron chi connectivity index (χ3n) is 10.5. The molecule has 8 rings (SSSR count). The Morgan fingerprint density at radius 3 is 2.75 bits per heavy atom. The van der Waals surface area contributed by atoms with Gasteiger partial charge in [0.2, 0.25) is 5.91 Å². The number of benzene rings is 2. The van der Waals surface area contributed by atoms with Crippen LogP contribution in [0.3, 0.4) is 0 Å². The highest BCUT2D eigenvalue weighted by Gasteiger charge is 2.49. The molecule has 0 radical (unpaired) electrons. The van der Waals surface area contributed by atoms with Crippen molar-refractivity contribution in [3.63, 3.8) is 0 Å². The molecule has 3 atom stereocenters. The monoisotopic (exact) mass is 765 g/mol. The van der Waals surface area contributed by atoms with Crippen molar-refractivity contribution in [1.29, 1.82) is 5.26 Å². The van der Waals surface area contributed by atoms with Crippen LogP contribution in [-0.2, 0) is 27.5 Å². The van der Waals surface area contributed by atoms with Gasteiger partial charge in [0, 0.05) is 37.5 Å². The predicted octanol–water partition coefficient (Wildman–Crippen LogP) is 7.15. The number of hydrogen-bond donors (Lipinski definition) is 2. The number of hydrogen-bond acceptors (Lipinski definition) is 11. The molecule has 3 fully saturated rings. The van der Waals surface area contributed by atoms with E-state index in [1.807, 2.05) is 0 Å². The molecule has 0 aliphatic carbocycles. The molecular weight excluding hydrogens is 728 g/mol. The van der Waals surface area contributed by atoms with Crippen molar-refractivity contribution in [2.75, 3.05) is 43.9 Å². The minimum atomic E-state index is -0.943. The molecule has 4 aliphatic heterocycles. The van der Waals surface area contributed by atoms with Crippen LogP contribution in [0, 0.1) is 17.1 Å². The molecule has 53 heavy (non-hydrogen) atoms. The summed E-state index contributed by atoms with van der Waals surface area (Å²) in [5.41, 5.74) is 1.45. The summed E-state index contributed by atoms with van der Waals surface area (Å²) < 4.78 is 48.0. The maximum absolute atomic E-state index is 15.5. The standard InChI is InChI=1S/C37H38ClF2N7O5S/c1-36(2,3)52-35(49)45-32-20(13-41)26-19(6-7-23(40)30(26)53-32)25-21-15-50-16-22(21)27-29(28(25)38)43-34(44-31(27)42-24-8-11-46(4)33(24)48)51-17-37-9-5-10-47(37)14-18(39)12-37/h6-7,18,24H,5,8-12,14-17H2,1-4H3,(H,45,49)(H,42,43,44)/t18-,24-,37+/m1/s1. The Morgan fingerprint density at radius 1 is 1.23 bits per heavy atom. The first-order valence-electron chi connectivity index (χ1n) is 17.6. The van der Waals surface area contributed by atoms with Crippen molar-refractivity contribution in [2.45, 2.75) is 83.0 Å². The van der Waals surface area contributed by atoms with E-state index in [4.69, 9.17) is 35.8 Å². The Balaban J connectivity index is 1.29. The summed E-state index contributed by atoms with van der Waals surface area (Å²) >= 11 is 8.30. The van der Waals surface area contributed by atoms with Crippen LogP contribution in [0.15, 0.2) is 12.1 Å². The molecule has 0 unspecified atom stereocenters. The zero-order chi connectivity index (χ0) is 37.4. The lowest BCUT2D eigenvalue weighted by atomic mass is 9.91. The maximum atomic E-state index is 15.5. The molecule has 12 nitrogen and oxygen atoms in total. The summed E-state index contributed by atoms with van der Waals surface area (Å²) in [6.45, 7) is 7.38. The second-order valence-corrected chi connectivity index (χ2v) is 16.6. The number of carbonyl (C=O) groups is 2. The van der Waals surface area contributed by atoms with E-state index in [2.05, 4.69) is 21.6 Å². The van der Waals surface area contributed by atoms with E-state index in [1.165, 1.54) is 6.07 Å². The quantitative estimate of drug-likeness (QED) is 0.199. The zero-order valence-corrected chi connectivity index (χ0v) is 31.3. The largest absolute Gasteiger partial charge is 0.461 e. The fourth-order valence-corrected chi connectivity index (χ4v) is 9.62. The van der Waals surface area contributed by atoms with Gasteiger partial charge in [-0.2, -0.15) is 15.2 Å². The average molecular weight is 766 g/mol. The number of nitrogens with zero attached hydrogens (tertiary/aromatic N) is 5. The number of likely N-dealkylation sites (N-methyl/N-ethyl adjacent to an activating group) is 1. The van der Waals surface area contributed by atoms with E-state index in [0.29, 0.717) is 59.3 Å². The SMILES string of the molecule is CN1CC[C@@H](Nc2nc(OC[C@@]34CCCN3C[C@H](F)C4)nc3c(Cl)c(-c4ccc(F)c5sc(NC(=O)OC(C)(C)C)c(C#N)c45)c4c(c23)COC4)C1=O. The van der Waals surface area contributed by atoms with Gasteiger partial charge in [-0.15, -0.1) is 11.3 Å². The molecule has 4 aromatic rings. The smallest absolute Gasteiger partial charge is 0.412 e. The predicted molar refractivity (Wildman–Crippen MR) is 197 cm³/mol. The summed E-state index contributed by atoms with van der Waals surface area (Å²) in [7, 11) is 1.75. The molecule has 0 bridgehead atoms. The minimum absolute atomic E-state index is 0.00963. The first-order chi connectivity index (χ1) is 25.3. The first kappa shape index (κ1) is 35.7. The van der Waals surface area contributed by atoms with Gasteiger partial charge in [0.05, 0.1) is 44.9 Å². The molecule has 2 N–H and O–H groups in total. The Labute approximate surface area is 313 Å². The summed E-state index contributed by atoms with van der Waals surface area (Å²) in [4.78, 5) is 39.3. The topological polar surface area (TPSA) is 142 Å². The van der Waals surface area contributed by atoms with Gasteiger partial charge >= 0.3 is 12.1 Å². The third kappa shape index (κ3) is 6.19. The van der Waals surface area contributed by atoms with Gasteiger partial charge in [-0.05, 0) is 69.3 Å². The van der Waals surface area contributed by atoms with Crippen LogP contribution in [0.4, 0.5) is 24.4 Å². The summed E-state index contributed by atoms with van der Waals surface area (Å²) in [6, 6.07) is 4.47. The lowest BCUT2D eigenvalue weighted by molar-refractivity contribution is -0.127. The summed E-state index contributed by atoms with van der Waals surface area (Å²) in [5.74, 6) is -0.308. The molecule has 278 valence electrons. The molecule has 2 amide bonds. The number of anilines is 2. The number of alkyl halides is 1. The molecular formula is C37H38ClF2N7O5S. The minimum Gasteiger partial charge on any atom is -0.461 e. The highest BCUT2D eigenvalue weighted by molar-refractivity contribution is 7.23. The van der Waals surface area contributed by atoms with Crippen LogP contribution in [0.2, 0.25) is 5.02 Å². The Morgan fingerprint density at radius 2 is 2.02 bits per heavy atom. The zero-order valence-electron chi connectivity index (χ0n) is 29.7. The fraction of sp³-hybridized carbons (Fsp3) is 0.486. The molecule has 0 spiro atoms. The normalized spacial score (nSPS) is 22.8. The Hall–Kier alpha value is -4.36. The van der Waals surface area contributed by atoms with Gasteiger partial charge in [0.25, 0.3) is 0 Å². The highest BCUT2D eigenvalue weighted by atomic mass is 35.5. The number of fused-ring (bicyclic) bond motifs is 5. The molecule has 4 aliphatic rings. The fourth-order valence-electron chi connectivity index (χ4n) is 8.20. The van der Waals surface area contributed by atoms with Gasteiger partial charge < -0.3 is 24.4 Å². The average Bonchev–Trinajstić information content (AvgIpc) is 3.91. The number of nitriles is 1. The number of thiophene rings is 1. The lowest BCUT2D eigenvalue weighted by Crippen LogP contribution is -2.43. The van der Waals surface area contributed by atoms with Gasteiger partial charge in [0.15, 0.2) is 0 Å². The van der Waals surface area contributed by atoms with E-state index in [0.717, 1.165) is 36.3 Å². The molecule has 6 heterocycles. The van der Waals surface area contributed by atoms with Crippen molar-refractivity contribution in [1.82, 2.24) is 19.8 Å². The van der Waals surface area contributed by atoms with E-state index in [1.54, 1.807) is 38.8 Å². The van der Waals surface area contributed by atoms with Gasteiger partial charge in [0.1, 0.15) is 47.1 Å². The Bertz CT molecular complexity index is 2240. The van der Waals surface area contributed by atoms with E-state index < -0.39 is 35.3 Å². The van der Waals surface area contributed by atoms with Crippen molar-refractivity contribution < 1.29 is 32.6 Å². The first-order valence-corrected chi connectivity index (χ1v) is 18.8. The molecule has 0 saturated carbocycles. The second-order valence-electron chi connectivity index (χ2n) is 15.2.